The Morgan fingerprint density at radius 3 is 2.53 bits per heavy atom. The number of benzene rings is 1. The van der Waals surface area contributed by atoms with Crippen molar-refractivity contribution in [3.05, 3.63) is 29.8 Å². The molecule has 1 aromatic rings. The number of methoxy groups -OCH3 is 1. The van der Waals surface area contributed by atoms with E-state index in [0.717, 1.165) is 31.7 Å². The van der Waals surface area contributed by atoms with Gasteiger partial charge in [0.2, 0.25) is 5.91 Å². The Morgan fingerprint density at radius 1 is 1.37 bits per heavy atom. The van der Waals surface area contributed by atoms with Crippen LogP contribution in [0.2, 0.25) is 0 Å². The molecule has 1 aliphatic rings. The zero-order valence-electron chi connectivity index (χ0n) is 11.1. The predicted octanol–water partition coefficient (Wildman–Crippen LogP) is 2.31. The molecule has 100 valence electrons. The second kappa shape index (κ2) is 6.24. The van der Waals surface area contributed by atoms with Gasteiger partial charge in [0.05, 0.1) is 13.2 Å². The summed E-state index contributed by atoms with van der Waals surface area (Å²) in [5.41, 5.74) is 1.30. The first-order chi connectivity index (χ1) is 9.24. The number of carbonyl (C=O) groups excluding carboxylic acids is 1. The van der Waals surface area contributed by atoms with Gasteiger partial charge in [0, 0.05) is 13.1 Å². The first-order valence-corrected chi connectivity index (χ1v) is 6.53. The van der Waals surface area contributed by atoms with Crippen molar-refractivity contribution < 1.29 is 9.53 Å². The van der Waals surface area contributed by atoms with Crippen molar-refractivity contribution in [3.63, 3.8) is 0 Å². The predicted molar refractivity (Wildman–Crippen MR) is 71.8 cm³/mol. The molecule has 0 unspecified atom stereocenters. The number of likely N-dealkylation sites (tertiary alicyclic amines) is 1. The zero-order valence-corrected chi connectivity index (χ0v) is 11.1. The highest BCUT2D eigenvalue weighted by atomic mass is 16.5. The van der Waals surface area contributed by atoms with Gasteiger partial charge >= 0.3 is 0 Å². The molecule has 0 spiro atoms. The van der Waals surface area contributed by atoms with Crippen molar-refractivity contribution in [3.8, 4) is 11.8 Å². The summed E-state index contributed by atoms with van der Waals surface area (Å²) < 4.78 is 5.15. The lowest BCUT2D eigenvalue weighted by molar-refractivity contribution is -0.131. The van der Waals surface area contributed by atoms with E-state index in [0.29, 0.717) is 5.92 Å². The Balaban J connectivity index is 1.92. The van der Waals surface area contributed by atoms with Crippen LogP contribution in [-0.2, 0) is 4.79 Å². The minimum absolute atomic E-state index is 0.00674. The third-order valence-corrected chi connectivity index (χ3v) is 3.67. The monoisotopic (exact) mass is 258 g/mol. The molecule has 1 saturated heterocycles. The van der Waals surface area contributed by atoms with Crippen LogP contribution in [0.5, 0.6) is 5.75 Å². The number of nitrogens with zero attached hydrogens (tertiary/aromatic N) is 2. The third kappa shape index (κ3) is 3.25. The molecule has 1 aliphatic heterocycles. The highest BCUT2D eigenvalue weighted by Gasteiger charge is 2.23. The highest BCUT2D eigenvalue weighted by Crippen LogP contribution is 2.29. The molecule has 1 fully saturated rings. The van der Waals surface area contributed by atoms with Gasteiger partial charge < -0.3 is 9.64 Å². The number of piperidine rings is 1. The molecule has 0 atom stereocenters. The van der Waals surface area contributed by atoms with Gasteiger partial charge in [0.25, 0.3) is 0 Å². The van der Waals surface area contributed by atoms with Crippen molar-refractivity contribution in [2.45, 2.75) is 25.2 Å². The number of rotatable bonds is 3. The van der Waals surface area contributed by atoms with Crippen LogP contribution >= 0.6 is 0 Å². The maximum absolute atomic E-state index is 11.6. The molecule has 19 heavy (non-hydrogen) atoms. The minimum Gasteiger partial charge on any atom is -0.497 e. The van der Waals surface area contributed by atoms with Crippen LogP contribution in [0.15, 0.2) is 24.3 Å². The molecule has 1 amide bonds. The van der Waals surface area contributed by atoms with E-state index in [9.17, 15) is 4.79 Å². The summed E-state index contributed by atoms with van der Waals surface area (Å²) >= 11 is 0. The molecular weight excluding hydrogens is 240 g/mol. The van der Waals surface area contributed by atoms with E-state index in [1.807, 2.05) is 18.2 Å². The molecule has 0 saturated carbocycles. The van der Waals surface area contributed by atoms with E-state index in [2.05, 4.69) is 12.1 Å². The van der Waals surface area contributed by atoms with Crippen molar-refractivity contribution >= 4 is 5.91 Å². The smallest absolute Gasteiger partial charge is 0.236 e. The fraction of sp³-hybridized carbons (Fsp3) is 0.467. The van der Waals surface area contributed by atoms with Crippen molar-refractivity contribution in [1.29, 1.82) is 5.26 Å². The largest absolute Gasteiger partial charge is 0.497 e. The summed E-state index contributed by atoms with van der Waals surface area (Å²) in [5.74, 6) is 1.32. The Bertz CT molecular complexity index is 468. The Hall–Kier alpha value is -2.02. The molecule has 1 heterocycles. The number of hydrogen-bond donors (Lipinski definition) is 0. The molecular formula is C15H18N2O2. The van der Waals surface area contributed by atoms with Gasteiger partial charge in [-0.15, -0.1) is 0 Å². The maximum atomic E-state index is 11.6. The lowest BCUT2D eigenvalue weighted by atomic mass is 9.89. The van der Waals surface area contributed by atoms with Gasteiger partial charge in [0.1, 0.15) is 12.2 Å². The highest BCUT2D eigenvalue weighted by molar-refractivity contribution is 5.78. The summed E-state index contributed by atoms with van der Waals surface area (Å²) in [6.07, 6.45) is 1.92. The van der Waals surface area contributed by atoms with Crippen molar-refractivity contribution in [2.75, 3.05) is 20.2 Å². The fourth-order valence-electron chi connectivity index (χ4n) is 2.52. The van der Waals surface area contributed by atoms with E-state index >= 15 is 0 Å². The number of amides is 1. The number of nitriles is 1. The van der Waals surface area contributed by atoms with Crippen molar-refractivity contribution in [2.24, 2.45) is 0 Å². The lowest BCUT2D eigenvalue weighted by Crippen LogP contribution is -2.37. The van der Waals surface area contributed by atoms with Crippen LogP contribution in [0.1, 0.15) is 30.7 Å². The zero-order chi connectivity index (χ0) is 13.7. The minimum atomic E-state index is -0.0457. The number of carbonyl (C=O) groups is 1. The van der Waals surface area contributed by atoms with E-state index in [-0.39, 0.29) is 12.3 Å². The molecule has 0 aliphatic carbocycles. The second-order valence-electron chi connectivity index (χ2n) is 4.76. The first kappa shape index (κ1) is 13.4. The van der Waals surface area contributed by atoms with E-state index < -0.39 is 0 Å². The number of hydrogen-bond acceptors (Lipinski definition) is 3. The first-order valence-electron chi connectivity index (χ1n) is 6.53. The summed E-state index contributed by atoms with van der Waals surface area (Å²) in [5, 5.41) is 8.54. The topological polar surface area (TPSA) is 53.3 Å². The van der Waals surface area contributed by atoms with Crippen LogP contribution in [0.3, 0.4) is 0 Å². The standard InChI is InChI=1S/C15H18N2O2/c1-19-14-4-2-12(3-5-14)13-7-10-17(11-8-13)15(18)6-9-16/h2-5,13H,6-8,10-11H2,1H3. The second-order valence-corrected chi connectivity index (χ2v) is 4.76. The quantitative estimate of drug-likeness (QED) is 0.836. The molecule has 2 rings (SSSR count). The molecule has 0 bridgehead atoms. The van der Waals surface area contributed by atoms with Gasteiger partial charge in [-0.05, 0) is 36.5 Å². The summed E-state index contributed by atoms with van der Waals surface area (Å²) in [4.78, 5) is 13.4. The van der Waals surface area contributed by atoms with E-state index in [1.165, 1.54) is 5.56 Å². The van der Waals surface area contributed by atoms with Gasteiger partial charge in [-0.25, -0.2) is 0 Å². The Morgan fingerprint density at radius 2 is 2.00 bits per heavy atom. The molecule has 4 nitrogen and oxygen atoms in total. The molecule has 4 heteroatoms. The van der Waals surface area contributed by atoms with Crippen molar-refractivity contribution in [1.82, 2.24) is 4.90 Å². The van der Waals surface area contributed by atoms with Gasteiger partial charge in [0.15, 0.2) is 0 Å². The lowest BCUT2D eigenvalue weighted by Gasteiger charge is -2.31. The fourth-order valence-corrected chi connectivity index (χ4v) is 2.52. The van der Waals surface area contributed by atoms with Gasteiger partial charge in [-0.2, -0.15) is 5.26 Å². The summed E-state index contributed by atoms with van der Waals surface area (Å²) in [6, 6.07) is 10.1. The number of ether oxygens (including phenoxy) is 1. The van der Waals surface area contributed by atoms with Crippen LogP contribution in [0, 0.1) is 11.3 Å². The summed E-state index contributed by atoms with van der Waals surface area (Å²) in [7, 11) is 1.66. The average molecular weight is 258 g/mol. The summed E-state index contributed by atoms with van der Waals surface area (Å²) in [6.45, 7) is 1.49. The van der Waals surface area contributed by atoms with Gasteiger partial charge in [-0.1, -0.05) is 12.1 Å². The third-order valence-electron chi connectivity index (χ3n) is 3.67. The molecule has 0 N–H and O–H groups in total. The van der Waals surface area contributed by atoms with Crippen LogP contribution in [-0.4, -0.2) is 31.0 Å². The molecule has 0 aromatic heterocycles. The van der Waals surface area contributed by atoms with Crippen LogP contribution in [0.4, 0.5) is 0 Å². The Labute approximate surface area is 113 Å². The normalized spacial score (nSPS) is 15.9. The average Bonchev–Trinajstić information content (AvgIpc) is 2.48. The van der Waals surface area contributed by atoms with E-state index in [1.54, 1.807) is 12.0 Å². The van der Waals surface area contributed by atoms with Gasteiger partial charge in [-0.3, -0.25) is 4.79 Å². The maximum Gasteiger partial charge on any atom is 0.236 e. The van der Waals surface area contributed by atoms with Crippen LogP contribution < -0.4 is 4.74 Å². The molecule has 0 radical (unpaired) electrons. The Kier molecular flexibility index (Phi) is 4.40. The molecule has 1 aromatic carbocycles. The van der Waals surface area contributed by atoms with Crippen LogP contribution in [0.25, 0.3) is 0 Å². The van der Waals surface area contributed by atoms with E-state index in [4.69, 9.17) is 10.00 Å². The SMILES string of the molecule is COc1ccc(C2CCN(C(=O)CC#N)CC2)cc1.